The standard InChI is InChI=1S/C18H17Br3O3/c1-12-8-14(21)4-7-17(12)18(11-19)23-10-16(24-18)9-22-15-5-2-13(20)3-6-15/h2-8,16H,9-11H2,1H3. The molecule has 1 fully saturated rings. The second-order valence-electron chi connectivity index (χ2n) is 5.66. The number of rotatable bonds is 5. The summed E-state index contributed by atoms with van der Waals surface area (Å²) in [6.45, 7) is 3.01. The Kier molecular flexibility index (Phi) is 6.03. The van der Waals surface area contributed by atoms with Crippen LogP contribution >= 0.6 is 47.8 Å². The topological polar surface area (TPSA) is 27.7 Å². The Balaban J connectivity index is 1.68. The molecule has 2 aromatic rings. The van der Waals surface area contributed by atoms with Crippen LogP contribution < -0.4 is 4.74 Å². The molecular weight excluding hydrogens is 504 g/mol. The molecule has 1 saturated heterocycles. The molecule has 0 N–H and O–H groups in total. The summed E-state index contributed by atoms with van der Waals surface area (Å²) in [7, 11) is 0. The lowest BCUT2D eigenvalue weighted by Crippen LogP contribution is -2.32. The first-order valence-electron chi connectivity index (χ1n) is 7.55. The summed E-state index contributed by atoms with van der Waals surface area (Å²) in [4.78, 5) is 0. The molecule has 3 nitrogen and oxygen atoms in total. The molecule has 1 heterocycles. The van der Waals surface area contributed by atoms with Gasteiger partial charge in [-0.1, -0.05) is 53.9 Å². The van der Waals surface area contributed by atoms with Crippen molar-refractivity contribution in [1.82, 2.24) is 0 Å². The molecule has 128 valence electrons. The summed E-state index contributed by atoms with van der Waals surface area (Å²) >= 11 is 10.5. The van der Waals surface area contributed by atoms with E-state index in [1.807, 2.05) is 36.4 Å². The van der Waals surface area contributed by atoms with Gasteiger partial charge in [-0.25, -0.2) is 0 Å². The smallest absolute Gasteiger partial charge is 0.205 e. The molecule has 0 spiro atoms. The van der Waals surface area contributed by atoms with Crippen LogP contribution in [-0.2, 0) is 15.3 Å². The fourth-order valence-corrected chi connectivity index (χ4v) is 4.04. The number of ether oxygens (including phenoxy) is 3. The van der Waals surface area contributed by atoms with E-state index in [2.05, 4.69) is 60.8 Å². The van der Waals surface area contributed by atoms with Crippen LogP contribution in [0.2, 0.25) is 0 Å². The van der Waals surface area contributed by atoms with Crippen molar-refractivity contribution < 1.29 is 14.2 Å². The monoisotopic (exact) mass is 518 g/mol. The minimum absolute atomic E-state index is 0.116. The van der Waals surface area contributed by atoms with Crippen molar-refractivity contribution in [2.24, 2.45) is 0 Å². The van der Waals surface area contributed by atoms with Gasteiger partial charge in [-0.05, 0) is 48.9 Å². The second kappa shape index (κ2) is 7.87. The first-order chi connectivity index (χ1) is 11.5. The average molecular weight is 521 g/mol. The number of alkyl halides is 1. The number of benzene rings is 2. The highest BCUT2D eigenvalue weighted by molar-refractivity contribution is 9.10. The molecule has 0 amide bonds. The Morgan fingerprint density at radius 1 is 1.12 bits per heavy atom. The number of hydrogen-bond acceptors (Lipinski definition) is 3. The van der Waals surface area contributed by atoms with Gasteiger partial charge in [0.1, 0.15) is 18.5 Å². The molecular formula is C18H17Br3O3. The van der Waals surface area contributed by atoms with E-state index in [-0.39, 0.29) is 6.10 Å². The van der Waals surface area contributed by atoms with Crippen molar-refractivity contribution in [2.45, 2.75) is 18.8 Å². The maximum absolute atomic E-state index is 6.23. The van der Waals surface area contributed by atoms with E-state index >= 15 is 0 Å². The molecule has 1 aliphatic heterocycles. The van der Waals surface area contributed by atoms with Gasteiger partial charge in [0.2, 0.25) is 5.79 Å². The first-order valence-corrected chi connectivity index (χ1v) is 10.3. The molecule has 0 radical (unpaired) electrons. The van der Waals surface area contributed by atoms with E-state index in [4.69, 9.17) is 14.2 Å². The van der Waals surface area contributed by atoms with E-state index in [0.717, 1.165) is 25.8 Å². The molecule has 6 heteroatoms. The van der Waals surface area contributed by atoms with Crippen molar-refractivity contribution in [1.29, 1.82) is 0 Å². The molecule has 2 unspecified atom stereocenters. The fraction of sp³-hybridized carbons (Fsp3) is 0.333. The Morgan fingerprint density at radius 3 is 2.50 bits per heavy atom. The zero-order valence-electron chi connectivity index (χ0n) is 13.1. The number of halogens is 3. The summed E-state index contributed by atoms with van der Waals surface area (Å²) in [5.74, 6) is 0.0522. The van der Waals surface area contributed by atoms with Crippen molar-refractivity contribution >= 4 is 47.8 Å². The Hall–Kier alpha value is -0.400. The summed E-state index contributed by atoms with van der Waals surface area (Å²) in [5.41, 5.74) is 2.16. The van der Waals surface area contributed by atoms with E-state index in [0.29, 0.717) is 18.5 Å². The second-order valence-corrected chi connectivity index (χ2v) is 8.05. The van der Waals surface area contributed by atoms with E-state index < -0.39 is 5.79 Å². The highest BCUT2D eigenvalue weighted by atomic mass is 79.9. The molecule has 3 rings (SSSR count). The van der Waals surface area contributed by atoms with Crippen LogP contribution in [0.15, 0.2) is 51.4 Å². The zero-order chi connectivity index (χ0) is 17.2. The van der Waals surface area contributed by atoms with Crippen LogP contribution in [0.1, 0.15) is 11.1 Å². The van der Waals surface area contributed by atoms with Crippen LogP contribution in [0.5, 0.6) is 5.75 Å². The van der Waals surface area contributed by atoms with Crippen LogP contribution in [0, 0.1) is 6.92 Å². The lowest BCUT2D eigenvalue weighted by atomic mass is 10.0. The highest BCUT2D eigenvalue weighted by Crippen LogP contribution is 2.38. The van der Waals surface area contributed by atoms with Gasteiger partial charge in [0.25, 0.3) is 0 Å². The normalized spacial score (nSPS) is 23.4. The van der Waals surface area contributed by atoms with Gasteiger partial charge in [0.05, 0.1) is 11.9 Å². The zero-order valence-corrected chi connectivity index (χ0v) is 17.9. The van der Waals surface area contributed by atoms with Crippen molar-refractivity contribution in [3.8, 4) is 5.75 Å². The van der Waals surface area contributed by atoms with E-state index in [1.54, 1.807) is 0 Å². The largest absolute Gasteiger partial charge is 0.491 e. The summed E-state index contributed by atoms with van der Waals surface area (Å²) in [6.07, 6.45) is -0.116. The van der Waals surface area contributed by atoms with Gasteiger partial charge in [0, 0.05) is 14.5 Å². The third-order valence-electron chi connectivity index (χ3n) is 3.88. The third-order valence-corrected chi connectivity index (χ3v) is 5.64. The van der Waals surface area contributed by atoms with Gasteiger partial charge >= 0.3 is 0 Å². The fourth-order valence-electron chi connectivity index (χ4n) is 2.70. The maximum Gasteiger partial charge on any atom is 0.205 e. The summed E-state index contributed by atoms with van der Waals surface area (Å²) in [6, 6.07) is 13.9. The molecule has 2 atom stereocenters. The van der Waals surface area contributed by atoms with Crippen LogP contribution in [0.4, 0.5) is 0 Å². The van der Waals surface area contributed by atoms with Crippen LogP contribution in [0.3, 0.4) is 0 Å². The van der Waals surface area contributed by atoms with Crippen molar-refractivity contribution in [3.63, 3.8) is 0 Å². The van der Waals surface area contributed by atoms with E-state index in [1.165, 1.54) is 0 Å². The summed E-state index contributed by atoms with van der Waals surface area (Å²) < 4.78 is 20.2. The van der Waals surface area contributed by atoms with Crippen molar-refractivity contribution in [3.05, 3.63) is 62.5 Å². The Labute approximate surface area is 167 Å². The predicted molar refractivity (Wildman–Crippen MR) is 105 cm³/mol. The molecule has 0 bridgehead atoms. The van der Waals surface area contributed by atoms with Gasteiger partial charge in [-0.2, -0.15) is 0 Å². The minimum Gasteiger partial charge on any atom is -0.491 e. The van der Waals surface area contributed by atoms with Gasteiger partial charge in [-0.15, -0.1) is 0 Å². The minimum atomic E-state index is -0.765. The lowest BCUT2D eigenvalue weighted by Gasteiger charge is -2.28. The average Bonchev–Trinajstić information content (AvgIpc) is 2.99. The van der Waals surface area contributed by atoms with Crippen LogP contribution in [-0.4, -0.2) is 24.6 Å². The van der Waals surface area contributed by atoms with E-state index in [9.17, 15) is 0 Å². The lowest BCUT2D eigenvalue weighted by molar-refractivity contribution is -0.159. The molecule has 0 aromatic heterocycles. The Morgan fingerprint density at radius 2 is 1.83 bits per heavy atom. The molecule has 2 aromatic carbocycles. The molecule has 0 aliphatic carbocycles. The molecule has 1 aliphatic rings. The van der Waals surface area contributed by atoms with Crippen LogP contribution in [0.25, 0.3) is 0 Å². The van der Waals surface area contributed by atoms with Crippen molar-refractivity contribution in [2.75, 3.05) is 18.5 Å². The molecule has 0 saturated carbocycles. The van der Waals surface area contributed by atoms with Gasteiger partial charge in [-0.3, -0.25) is 0 Å². The first kappa shape index (κ1) is 18.4. The predicted octanol–water partition coefficient (Wildman–Crippen LogP) is 5.56. The summed E-state index contributed by atoms with van der Waals surface area (Å²) in [5, 5.41) is 0.567. The molecule has 24 heavy (non-hydrogen) atoms. The maximum atomic E-state index is 6.23. The number of aryl methyl sites for hydroxylation is 1. The van der Waals surface area contributed by atoms with Gasteiger partial charge < -0.3 is 14.2 Å². The SMILES string of the molecule is Cc1cc(Br)ccc1C1(CBr)OCC(COc2ccc(Br)cc2)O1. The quantitative estimate of drug-likeness (QED) is 0.483. The highest BCUT2D eigenvalue weighted by Gasteiger charge is 2.43. The van der Waals surface area contributed by atoms with Gasteiger partial charge in [0.15, 0.2) is 0 Å². The Bertz CT molecular complexity index is 705. The number of hydrogen-bond donors (Lipinski definition) is 0. The third kappa shape index (κ3) is 4.05.